The molecule has 1 aromatic heterocycles. The zero-order chi connectivity index (χ0) is 11.5. The molecule has 1 aromatic rings. The number of aromatic amines is 1. The molecule has 1 amide bonds. The van der Waals surface area contributed by atoms with Gasteiger partial charge in [0.15, 0.2) is 0 Å². The lowest BCUT2D eigenvalue weighted by atomic mass is 9.92. The predicted octanol–water partition coefficient (Wildman–Crippen LogP) is 0.609. The number of hydrogen-bond donors (Lipinski definition) is 2. The first-order chi connectivity index (χ1) is 7.72. The molecule has 5 heteroatoms. The number of nitrogens with zero attached hydrogens (tertiary/aromatic N) is 2. The maximum Gasteiger partial charge on any atom is 0.257 e. The van der Waals surface area contributed by atoms with E-state index in [1.807, 2.05) is 4.90 Å². The number of carbonyl (C=O) groups excluding carboxylic acids is 1. The SMILES string of the molecule is CC1CCN(C(=O)c2cn[nH]c2)C(CN)C1. The first-order valence-corrected chi connectivity index (χ1v) is 5.72. The number of piperidine rings is 1. The Bertz CT molecular complexity index is 349. The molecule has 16 heavy (non-hydrogen) atoms. The van der Waals surface area contributed by atoms with Gasteiger partial charge in [-0.15, -0.1) is 0 Å². The number of likely N-dealkylation sites (tertiary alicyclic amines) is 1. The van der Waals surface area contributed by atoms with Gasteiger partial charge in [0.2, 0.25) is 0 Å². The molecular weight excluding hydrogens is 204 g/mol. The minimum Gasteiger partial charge on any atom is -0.334 e. The van der Waals surface area contributed by atoms with Crippen LogP contribution in [0.25, 0.3) is 0 Å². The van der Waals surface area contributed by atoms with Gasteiger partial charge in [-0.3, -0.25) is 9.89 Å². The van der Waals surface area contributed by atoms with Crippen molar-refractivity contribution in [3.63, 3.8) is 0 Å². The van der Waals surface area contributed by atoms with Crippen LogP contribution in [0.15, 0.2) is 12.4 Å². The summed E-state index contributed by atoms with van der Waals surface area (Å²) in [5.74, 6) is 0.693. The van der Waals surface area contributed by atoms with E-state index in [-0.39, 0.29) is 11.9 Å². The van der Waals surface area contributed by atoms with Crippen molar-refractivity contribution < 1.29 is 4.79 Å². The number of nitrogens with two attached hydrogens (primary N) is 1. The molecule has 3 N–H and O–H groups in total. The molecule has 5 nitrogen and oxygen atoms in total. The maximum atomic E-state index is 12.1. The Labute approximate surface area is 95.0 Å². The summed E-state index contributed by atoms with van der Waals surface area (Å²) < 4.78 is 0. The predicted molar refractivity (Wildman–Crippen MR) is 60.9 cm³/mol. The lowest BCUT2D eigenvalue weighted by Gasteiger charge is -2.37. The van der Waals surface area contributed by atoms with E-state index in [0.29, 0.717) is 18.0 Å². The molecule has 2 rings (SSSR count). The van der Waals surface area contributed by atoms with Crippen LogP contribution < -0.4 is 5.73 Å². The molecule has 2 unspecified atom stereocenters. The molecule has 0 bridgehead atoms. The van der Waals surface area contributed by atoms with Crippen LogP contribution in [-0.4, -0.2) is 40.1 Å². The molecule has 2 heterocycles. The van der Waals surface area contributed by atoms with Gasteiger partial charge in [-0.2, -0.15) is 5.10 Å². The Hall–Kier alpha value is -1.36. The van der Waals surface area contributed by atoms with Crippen LogP contribution in [0.5, 0.6) is 0 Å². The fourth-order valence-electron chi connectivity index (χ4n) is 2.28. The first kappa shape index (κ1) is 11.1. The standard InChI is InChI=1S/C11H18N4O/c1-8-2-3-15(10(4-8)5-12)11(16)9-6-13-14-7-9/h6-8,10H,2-5,12H2,1H3,(H,13,14). The maximum absolute atomic E-state index is 12.1. The Kier molecular flexibility index (Phi) is 3.24. The number of amides is 1. The Morgan fingerprint density at radius 2 is 2.56 bits per heavy atom. The van der Waals surface area contributed by atoms with Crippen molar-refractivity contribution in [3.8, 4) is 0 Å². The topological polar surface area (TPSA) is 75.0 Å². The van der Waals surface area contributed by atoms with Crippen LogP contribution >= 0.6 is 0 Å². The monoisotopic (exact) mass is 222 g/mol. The van der Waals surface area contributed by atoms with Gasteiger partial charge in [0.25, 0.3) is 5.91 Å². The van der Waals surface area contributed by atoms with Crippen LogP contribution in [0.3, 0.4) is 0 Å². The van der Waals surface area contributed by atoms with E-state index in [9.17, 15) is 4.79 Å². The average Bonchev–Trinajstić information content (AvgIpc) is 2.81. The van der Waals surface area contributed by atoms with Crippen LogP contribution in [0.1, 0.15) is 30.1 Å². The van der Waals surface area contributed by atoms with Gasteiger partial charge in [-0.05, 0) is 18.8 Å². The van der Waals surface area contributed by atoms with E-state index in [0.717, 1.165) is 19.4 Å². The van der Waals surface area contributed by atoms with Crippen molar-refractivity contribution in [1.82, 2.24) is 15.1 Å². The number of carbonyl (C=O) groups is 1. The molecule has 0 aliphatic carbocycles. The normalized spacial score (nSPS) is 25.8. The zero-order valence-electron chi connectivity index (χ0n) is 9.52. The number of hydrogen-bond acceptors (Lipinski definition) is 3. The molecule has 1 fully saturated rings. The van der Waals surface area contributed by atoms with E-state index in [4.69, 9.17) is 5.73 Å². The average molecular weight is 222 g/mol. The molecule has 1 aliphatic rings. The number of nitrogens with one attached hydrogen (secondary N) is 1. The molecular formula is C11H18N4O. The highest BCUT2D eigenvalue weighted by Crippen LogP contribution is 2.23. The molecule has 1 aliphatic heterocycles. The summed E-state index contributed by atoms with van der Waals surface area (Å²) in [6.07, 6.45) is 5.25. The van der Waals surface area contributed by atoms with Gasteiger partial charge in [0.1, 0.15) is 0 Å². The third kappa shape index (κ3) is 2.09. The third-order valence-electron chi connectivity index (χ3n) is 3.26. The molecule has 88 valence electrons. The second kappa shape index (κ2) is 4.65. The second-order valence-electron chi connectivity index (χ2n) is 4.50. The smallest absolute Gasteiger partial charge is 0.257 e. The Balaban J connectivity index is 2.10. The van der Waals surface area contributed by atoms with Crippen molar-refractivity contribution in [2.24, 2.45) is 11.7 Å². The third-order valence-corrected chi connectivity index (χ3v) is 3.26. The van der Waals surface area contributed by atoms with Crippen molar-refractivity contribution in [1.29, 1.82) is 0 Å². The van der Waals surface area contributed by atoms with E-state index in [1.165, 1.54) is 0 Å². The van der Waals surface area contributed by atoms with Gasteiger partial charge < -0.3 is 10.6 Å². The van der Waals surface area contributed by atoms with Crippen LogP contribution in [-0.2, 0) is 0 Å². The molecule has 0 radical (unpaired) electrons. The molecule has 0 spiro atoms. The largest absolute Gasteiger partial charge is 0.334 e. The number of H-pyrrole nitrogens is 1. The van der Waals surface area contributed by atoms with Crippen molar-refractivity contribution in [2.75, 3.05) is 13.1 Å². The van der Waals surface area contributed by atoms with E-state index in [2.05, 4.69) is 17.1 Å². The summed E-state index contributed by atoms with van der Waals surface area (Å²) in [5.41, 5.74) is 6.35. The summed E-state index contributed by atoms with van der Waals surface area (Å²) in [7, 11) is 0. The minimum absolute atomic E-state index is 0.0381. The van der Waals surface area contributed by atoms with Gasteiger partial charge >= 0.3 is 0 Å². The zero-order valence-corrected chi connectivity index (χ0v) is 9.52. The van der Waals surface area contributed by atoms with Crippen molar-refractivity contribution in [3.05, 3.63) is 18.0 Å². The quantitative estimate of drug-likeness (QED) is 0.769. The summed E-state index contributed by atoms with van der Waals surface area (Å²) in [6, 6.07) is 0.172. The molecule has 0 aromatic carbocycles. The highest BCUT2D eigenvalue weighted by atomic mass is 16.2. The lowest BCUT2D eigenvalue weighted by Crippen LogP contribution is -2.49. The Morgan fingerprint density at radius 3 is 3.19 bits per heavy atom. The summed E-state index contributed by atoms with van der Waals surface area (Å²) >= 11 is 0. The molecule has 2 atom stereocenters. The first-order valence-electron chi connectivity index (χ1n) is 5.72. The molecule has 1 saturated heterocycles. The minimum atomic E-state index is 0.0381. The van der Waals surface area contributed by atoms with Crippen molar-refractivity contribution >= 4 is 5.91 Å². The van der Waals surface area contributed by atoms with Gasteiger partial charge in [0, 0.05) is 25.3 Å². The highest BCUT2D eigenvalue weighted by molar-refractivity contribution is 5.94. The van der Waals surface area contributed by atoms with E-state index < -0.39 is 0 Å². The van der Waals surface area contributed by atoms with Crippen LogP contribution in [0, 0.1) is 5.92 Å². The Morgan fingerprint density at radius 1 is 1.75 bits per heavy atom. The fourth-order valence-corrected chi connectivity index (χ4v) is 2.28. The highest BCUT2D eigenvalue weighted by Gasteiger charge is 2.29. The van der Waals surface area contributed by atoms with Crippen LogP contribution in [0.2, 0.25) is 0 Å². The number of rotatable bonds is 2. The van der Waals surface area contributed by atoms with Gasteiger partial charge in [-0.25, -0.2) is 0 Å². The van der Waals surface area contributed by atoms with Gasteiger partial charge in [-0.1, -0.05) is 6.92 Å². The van der Waals surface area contributed by atoms with Crippen molar-refractivity contribution in [2.45, 2.75) is 25.8 Å². The number of aromatic nitrogens is 2. The van der Waals surface area contributed by atoms with E-state index in [1.54, 1.807) is 12.4 Å². The second-order valence-corrected chi connectivity index (χ2v) is 4.50. The molecule has 0 saturated carbocycles. The fraction of sp³-hybridized carbons (Fsp3) is 0.636. The summed E-state index contributed by atoms with van der Waals surface area (Å²) in [5, 5.41) is 6.46. The van der Waals surface area contributed by atoms with Crippen LogP contribution in [0.4, 0.5) is 0 Å². The summed E-state index contributed by atoms with van der Waals surface area (Å²) in [6.45, 7) is 3.54. The van der Waals surface area contributed by atoms with E-state index >= 15 is 0 Å². The summed E-state index contributed by atoms with van der Waals surface area (Å²) in [4.78, 5) is 14.0. The van der Waals surface area contributed by atoms with Gasteiger partial charge in [0.05, 0.1) is 11.8 Å². The lowest BCUT2D eigenvalue weighted by molar-refractivity contribution is 0.0573.